The van der Waals surface area contributed by atoms with Crippen molar-refractivity contribution in [3.8, 4) is 0 Å². The number of aryl methyl sites for hydroxylation is 1. The molecule has 2 aromatic rings. The third kappa shape index (κ3) is 6.12. The Balaban J connectivity index is 1.81. The van der Waals surface area contributed by atoms with Gasteiger partial charge in [-0.1, -0.05) is 62.6 Å². The fraction of sp³-hybridized carbons (Fsp3) is 0.481. The molecule has 1 atom stereocenters. The Morgan fingerprint density at radius 2 is 1.67 bits per heavy atom. The summed E-state index contributed by atoms with van der Waals surface area (Å²) in [5, 5.41) is 12.6. The zero-order chi connectivity index (χ0) is 23.8. The van der Waals surface area contributed by atoms with E-state index < -0.39 is 17.7 Å². The summed E-state index contributed by atoms with van der Waals surface area (Å²) < 4.78 is 0. The third-order valence-corrected chi connectivity index (χ3v) is 7.08. The van der Waals surface area contributed by atoms with E-state index in [1.807, 2.05) is 42.6 Å². The smallest absolute Gasteiger partial charge is 0.290 e. The largest absolute Gasteiger partial charge is 0.503 e. The standard InChI is InChI=1S/C27H36N2O3S/c1-4-6-15-28(16-7-5-2)17-9-18-29-24(21-13-11-20(3)12-14-21)23(26(31)27(29)32)25(30)22-10-8-19-33-22/h8,10-14,19,24,31H,4-7,9,15-18H2,1-3H3/t24-/m0/s1. The molecule has 178 valence electrons. The Hall–Kier alpha value is -2.44. The normalized spacial score (nSPS) is 16.3. The van der Waals surface area contributed by atoms with E-state index in [1.165, 1.54) is 24.2 Å². The second kappa shape index (κ2) is 12.1. The Bertz CT molecular complexity index is 942. The molecule has 3 rings (SSSR count). The first-order valence-electron chi connectivity index (χ1n) is 12.1. The topological polar surface area (TPSA) is 60.9 Å². The number of carbonyl (C=O) groups is 2. The number of rotatable bonds is 13. The molecule has 1 aliphatic heterocycles. The van der Waals surface area contributed by atoms with Crippen molar-refractivity contribution in [1.82, 2.24) is 9.80 Å². The highest BCUT2D eigenvalue weighted by molar-refractivity contribution is 7.12. The zero-order valence-corrected chi connectivity index (χ0v) is 20.9. The summed E-state index contributed by atoms with van der Waals surface area (Å²) in [5.41, 5.74) is 2.16. The van der Waals surface area contributed by atoms with Gasteiger partial charge in [-0.2, -0.15) is 0 Å². The highest BCUT2D eigenvalue weighted by Gasteiger charge is 2.43. The number of carbonyl (C=O) groups excluding carboxylic acids is 2. The van der Waals surface area contributed by atoms with Crippen molar-refractivity contribution in [2.45, 2.75) is 58.9 Å². The van der Waals surface area contributed by atoms with Crippen LogP contribution in [0, 0.1) is 6.92 Å². The van der Waals surface area contributed by atoms with Gasteiger partial charge in [-0.05, 0) is 62.8 Å². The molecule has 6 heteroatoms. The molecule has 1 amide bonds. The number of amides is 1. The average Bonchev–Trinajstić information content (AvgIpc) is 3.44. The molecule has 0 spiro atoms. The van der Waals surface area contributed by atoms with Gasteiger partial charge in [0.05, 0.1) is 16.5 Å². The maximum absolute atomic E-state index is 13.3. The molecule has 1 aromatic carbocycles. The van der Waals surface area contributed by atoms with Gasteiger partial charge in [-0.3, -0.25) is 9.59 Å². The number of aliphatic hydroxyl groups excluding tert-OH is 1. The maximum atomic E-state index is 13.3. The van der Waals surface area contributed by atoms with Gasteiger partial charge >= 0.3 is 0 Å². The van der Waals surface area contributed by atoms with Gasteiger partial charge in [0.25, 0.3) is 5.91 Å². The van der Waals surface area contributed by atoms with Crippen LogP contribution in [0.2, 0.25) is 0 Å². The minimum atomic E-state index is -0.563. The molecule has 0 radical (unpaired) electrons. The fourth-order valence-electron chi connectivity index (χ4n) is 4.32. The minimum Gasteiger partial charge on any atom is -0.503 e. The van der Waals surface area contributed by atoms with Crippen LogP contribution in [0.3, 0.4) is 0 Å². The highest BCUT2D eigenvalue weighted by atomic mass is 32.1. The summed E-state index contributed by atoms with van der Waals surface area (Å²) in [6, 6.07) is 10.9. The molecular weight excluding hydrogens is 432 g/mol. The van der Waals surface area contributed by atoms with Crippen LogP contribution < -0.4 is 0 Å². The fourth-order valence-corrected chi connectivity index (χ4v) is 4.99. The first kappa shape index (κ1) is 25.2. The molecule has 0 saturated heterocycles. The minimum absolute atomic E-state index is 0.195. The lowest BCUT2D eigenvalue weighted by atomic mass is 9.94. The van der Waals surface area contributed by atoms with Crippen LogP contribution in [0.5, 0.6) is 0 Å². The average molecular weight is 469 g/mol. The van der Waals surface area contributed by atoms with Crippen molar-refractivity contribution in [2.24, 2.45) is 0 Å². The molecule has 0 aliphatic carbocycles. The Labute approximate surface area is 201 Å². The Morgan fingerprint density at radius 3 is 2.24 bits per heavy atom. The van der Waals surface area contributed by atoms with E-state index in [-0.39, 0.29) is 11.4 Å². The SMILES string of the molecule is CCCCN(CCCC)CCCN1C(=O)C(O)=C(C(=O)c2cccs2)[C@@H]1c1ccc(C)cc1. The Kier molecular flexibility index (Phi) is 9.27. The number of hydrogen-bond donors (Lipinski definition) is 1. The van der Waals surface area contributed by atoms with Crippen molar-refractivity contribution < 1.29 is 14.7 Å². The first-order chi connectivity index (χ1) is 16.0. The van der Waals surface area contributed by atoms with Gasteiger partial charge in [0.2, 0.25) is 5.78 Å². The lowest BCUT2D eigenvalue weighted by Crippen LogP contribution is -2.35. The molecule has 33 heavy (non-hydrogen) atoms. The van der Waals surface area contributed by atoms with Crippen LogP contribution in [0.15, 0.2) is 53.1 Å². The number of hydrogen-bond acceptors (Lipinski definition) is 5. The zero-order valence-electron chi connectivity index (χ0n) is 20.0. The molecule has 1 aliphatic rings. The van der Waals surface area contributed by atoms with Crippen LogP contribution >= 0.6 is 11.3 Å². The van der Waals surface area contributed by atoms with Gasteiger partial charge in [0, 0.05) is 6.54 Å². The second-order valence-electron chi connectivity index (χ2n) is 8.78. The van der Waals surface area contributed by atoms with E-state index in [0.29, 0.717) is 11.4 Å². The molecule has 2 heterocycles. The van der Waals surface area contributed by atoms with Gasteiger partial charge < -0.3 is 14.9 Å². The molecule has 0 saturated carbocycles. The number of Topliss-reactive ketones (excluding diaryl/α,β-unsaturated/α-hetero) is 1. The van der Waals surface area contributed by atoms with E-state index in [9.17, 15) is 14.7 Å². The van der Waals surface area contributed by atoms with Crippen molar-refractivity contribution in [2.75, 3.05) is 26.2 Å². The second-order valence-corrected chi connectivity index (χ2v) is 9.73. The predicted octanol–water partition coefficient (Wildman–Crippen LogP) is 5.93. The highest BCUT2D eigenvalue weighted by Crippen LogP contribution is 2.39. The van der Waals surface area contributed by atoms with E-state index in [4.69, 9.17) is 0 Å². The molecule has 0 bridgehead atoms. The van der Waals surface area contributed by atoms with Crippen LogP contribution in [0.1, 0.15) is 72.8 Å². The first-order valence-corrected chi connectivity index (χ1v) is 13.0. The van der Waals surface area contributed by atoms with Crippen LogP contribution in [0.4, 0.5) is 0 Å². The van der Waals surface area contributed by atoms with Crippen LogP contribution in [-0.2, 0) is 4.79 Å². The van der Waals surface area contributed by atoms with Gasteiger partial charge in [-0.15, -0.1) is 11.3 Å². The van der Waals surface area contributed by atoms with Crippen molar-refractivity contribution >= 4 is 23.0 Å². The summed E-state index contributed by atoms with van der Waals surface area (Å²) in [6.07, 6.45) is 5.46. The van der Waals surface area contributed by atoms with Gasteiger partial charge in [0.15, 0.2) is 5.76 Å². The van der Waals surface area contributed by atoms with Gasteiger partial charge in [0.1, 0.15) is 0 Å². The monoisotopic (exact) mass is 468 g/mol. The lowest BCUT2D eigenvalue weighted by Gasteiger charge is -2.28. The number of unbranched alkanes of at least 4 members (excludes halogenated alkanes) is 2. The number of benzene rings is 1. The maximum Gasteiger partial charge on any atom is 0.290 e. The summed E-state index contributed by atoms with van der Waals surface area (Å²) in [7, 11) is 0. The predicted molar refractivity (Wildman–Crippen MR) is 135 cm³/mol. The van der Waals surface area contributed by atoms with E-state index in [2.05, 4.69) is 18.7 Å². The van der Waals surface area contributed by atoms with Crippen molar-refractivity contribution in [1.29, 1.82) is 0 Å². The Morgan fingerprint density at radius 1 is 1.03 bits per heavy atom. The van der Waals surface area contributed by atoms with Crippen LogP contribution in [0.25, 0.3) is 0 Å². The summed E-state index contributed by atoms with van der Waals surface area (Å²) >= 11 is 1.33. The summed E-state index contributed by atoms with van der Waals surface area (Å²) in [6.45, 7) is 9.94. The molecular formula is C27H36N2O3S. The number of nitrogens with zero attached hydrogens (tertiary/aromatic N) is 2. The summed E-state index contributed by atoms with van der Waals surface area (Å²) in [5.74, 6) is -1.13. The molecule has 5 nitrogen and oxygen atoms in total. The van der Waals surface area contributed by atoms with E-state index in [1.54, 1.807) is 11.0 Å². The summed E-state index contributed by atoms with van der Waals surface area (Å²) in [4.78, 5) is 31.1. The molecule has 1 aromatic heterocycles. The third-order valence-electron chi connectivity index (χ3n) is 6.22. The quantitative estimate of drug-likeness (QED) is 0.370. The van der Waals surface area contributed by atoms with E-state index in [0.717, 1.165) is 50.0 Å². The van der Waals surface area contributed by atoms with Crippen LogP contribution in [-0.4, -0.2) is 52.8 Å². The number of thiophene rings is 1. The lowest BCUT2D eigenvalue weighted by molar-refractivity contribution is -0.129. The number of ketones is 1. The number of aliphatic hydroxyl groups is 1. The van der Waals surface area contributed by atoms with Crippen molar-refractivity contribution in [3.63, 3.8) is 0 Å². The van der Waals surface area contributed by atoms with E-state index >= 15 is 0 Å². The molecule has 0 fully saturated rings. The van der Waals surface area contributed by atoms with Gasteiger partial charge in [-0.25, -0.2) is 0 Å². The molecule has 0 unspecified atom stereocenters. The van der Waals surface area contributed by atoms with Crippen molar-refractivity contribution in [3.05, 3.63) is 69.1 Å². The molecule has 1 N–H and O–H groups in total.